The van der Waals surface area contributed by atoms with E-state index in [1.807, 2.05) is 0 Å². The number of aliphatic carboxylic acids is 1. The first-order valence-electron chi connectivity index (χ1n) is 3.06. The van der Waals surface area contributed by atoms with E-state index in [4.69, 9.17) is 19.5 Å². The molecule has 0 unspecified atom stereocenters. The van der Waals surface area contributed by atoms with Crippen molar-refractivity contribution in [1.82, 2.24) is 0 Å². The minimum Gasteiger partial charge on any atom is -0.478 e. The van der Waals surface area contributed by atoms with E-state index in [-0.39, 0.29) is 0 Å². The molecular weight excluding hydrogens is 200 g/mol. The average molecular weight is 208 g/mol. The summed E-state index contributed by atoms with van der Waals surface area (Å²) in [5.74, 6) is -2.41. The number of ether oxygens (including phenoxy) is 1. The summed E-state index contributed by atoms with van der Waals surface area (Å²) in [5, 5.41) is 8.06. The number of carbonyl (C=O) groups excluding carboxylic acids is 1. The monoisotopic (exact) mass is 208 g/mol. The Bertz CT molecular complexity index is 228. The molecule has 0 bridgehead atoms. The Morgan fingerprint density at radius 1 is 1.23 bits per heavy atom. The van der Waals surface area contributed by atoms with Crippen molar-refractivity contribution in [3.05, 3.63) is 12.2 Å². The predicted molar refractivity (Wildman–Crippen MR) is 40.1 cm³/mol. The van der Waals surface area contributed by atoms with Gasteiger partial charge in [0.15, 0.2) is 6.23 Å². The van der Waals surface area contributed by atoms with Crippen LogP contribution >= 0.6 is 0 Å². The largest absolute Gasteiger partial charge is 0.532 e. The zero-order valence-corrected chi connectivity index (χ0v) is 7.38. The van der Waals surface area contributed by atoms with Crippen LogP contribution in [-0.2, 0) is 14.3 Å². The molecule has 0 aromatic carbocycles. The minimum atomic E-state index is -4.40. The highest BCUT2D eigenvalue weighted by molar-refractivity contribution is 6.56. The van der Waals surface area contributed by atoms with Crippen molar-refractivity contribution in [3.8, 4) is 0 Å². The van der Waals surface area contributed by atoms with Crippen LogP contribution in [0.2, 0.25) is 0 Å². The fourth-order valence-electron chi connectivity index (χ4n) is 0.355. The van der Waals surface area contributed by atoms with E-state index in [1.54, 1.807) is 0 Å². The third-order valence-electron chi connectivity index (χ3n) is 0.770. The van der Waals surface area contributed by atoms with Crippen LogP contribution in [0, 0.1) is 0 Å². The fraction of sp³-hybridized carbons (Fsp3) is 0.200. The summed E-state index contributed by atoms with van der Waals surface area (Å²) in [6.07, 6.45) is 0.190. The molecule has 0 aromatic rings. The fourth-order valence-corrected chi connectivity index (χ4v) is 0.691. The van der Waals surface area contributed by atoms with Crippen LogP contribution in [0.4, 0.5) is 0 Å². The number of hydrogen-bond donors (Lipinski definition) is 4. The van der Waals surface area contributed by atoms with Gasteiger partial charge in [-0.3, -0.25) is 0 Å². The van der Waals surface area contributed by atoms with Crippen molar-refractivity contribution in [1.29, 1.82) is 0 Å². The van der Waals surface area contributed by atoms with Crippen LogP contribution in [0.1, 0.15) is 0 Å². The molecule has 0 radical (unpaired) electrons. The van der Waals surface area contributed by atoms with Crippen LogP contribution < -0.4 is 0 Å². The molecule has 0 saturated carbocycles. The Morgan fingerprint density at radius 2 is 1.77 bits per heavy atom. The lowest BCUT2D eigenvalue weighted by molar-refractivity contribution is -0.138. The van der Waals surface area contributed by atoms with Crippen LogP contribution in [0.25, 0.3) is 0 Å². The number of hydrogen-bond acceptors (Lipinski definition) is 6. The normalized spacial score (nSPS) is 11.6. The Hall–Kier alpha value is -1.22. The predicted octanol–water partition coefficient (Wildman–Crippen LogP) is -2.37. The Morgan fingerprint density at radius 3 is 2.15 bits per heavy atom. The summed E-state index contributed by atoms with van der Waals surface area (Å²) >= 11 is 0. The first kappa shape index (κ1) is 11.8. The van der Waals surface area contributed by atoms with Gasteiger partial charge in [0.05, 0.1) is 0 Å². The lowest BCUT2D eigenvalue weighted by atomic mass is 10.5. The minimum absolute atomic E-state index is 0.525. The van der Waals surface area contributed by atoms with Crippen LogP contribution in [0.5, 0.6) is 0 Å². The highest BCUT2D eigenvalue weighted by Gasteiger charge is 2.28. The smallest absolute Gasteiger partial charge is 0.478 e. The molecule has 0 aromatic heterocycles. The molecule has 0 rings (SSSR count). The molecule has 7 nitrogen and oxygen atoms in total. The van der Waals surface area contributed by atoms with Crippen LogP contribution in [0.15, 0.2) is 12.2 Å². The highest BCUT2D eigenvalue weighted by Crippen LogP contribution is 1.89. The second-order valence-electron chi connectivity index (χ2n) is 2.05. The summed E-state index contributed by atoms with van der Waals surface area (Å²) < 4.78 is 4.08. The molecular formula is C5H8O7Si. The molecule has 0 atom stereocenters. The Kier molecular flexibility index (Phi) is 4.27. The standard InChI is InChI=1S/C5H8O7Si/c6-4(7)1-2-5(8)12-3-13(9,10)11/h1-2,9-11H,3H2,(H,6,7)/b2-1+. The molecule has 13 heavy (non-hydrogen) atoms. The van der Waals surface area contributed by atoms with Gasteiger partial charge in [-0.25, -0.2) is 9.59 Å². The molecule has 0 aliphatic heterocycles. The molecule has 4 N–H and O–H groups in total. The molecule has 74 valence electrons. The molecule has 0 saturated heterocycles. The molecule has 0 aliphatic carbocycles. The van der Waals surface area contributed by atoms with E-state index in [0.717, 1.165) is 0 Å². The van der Waals surface area contributed by atoms with E-state index < -0.39 is 27.0 Å². The molecule has 0 fully saturated rings. The maximum atomic E-state index is 10.5. The first-order chi connectivity index (χ1) is 5.81. The number of carboxylic acids is 1. The van der Waals surface area contributed by atoms with Gasteiger partial charge < -0.3 is 24.2 Å². The maximum absolute atomic E-state index is 10.5. The molecule has 0 heterocycles. The first-order valence-corrected chi connectivity index (χ1v) is 5.11. The average Bonchev–Trinajstić information content (AvgIpc) is 1.95. The summed E-state index contributed by atoms with van der Waals surface area (Å²) in [6, 6.07) is 0. The number of carbonyl (C=O) groups is 2. The molecule has 0 amide bonds. The second kappa shape index (κ2) is 4.72. The quantitative estimate of drug-likeness (QED) is 0.231. The molecule has 0 spiro atoms. The van der Waals surface area contributed by atoms with Crippen molar-refractivity contribution < 1.29 is 33.8 Å². The van der Waals surface area contributed by atoms with Gasteiger partial charge in [0.25, 0.3) is 0 Å². The van der Waals surface area contributed by atoms with Gasteiger partial charge in [0.1, 0.15) is 0 Å². The van der Waals surface area contributed by atoms with Gasteiger partial charge in [-0.15, -0.1) is 0 Å². The number of esters is 1. The topological polar surface area (TPSA) is 124 Å². The molecule has 0 aliphatic rings. The van der Waals surface area contributed by atoms with Crippen molar-refractivity contribution in [2.24, 2.45) is 0 Å². The van der Waals surface area contributed by atoms with Gasteiger partial charge in [-0.05, 0) is 0 Å². The van der Waals surface area contributed by atoms with Crippen molar-refractivity contribution in [2.75, 3.05) is 6.23 Å². The summed E-state index contributed by atoms with van der Waals surface area (Å²) in [5.41, 5.74) is 0. The SMILES string of the molecule is O=C(O)/C=C/C(=O)OC[Si](O)(O)O. The molecule has 8 heteroatoms. The zero-order valence-electron chi connectivity index (χ0n) is 6.38. The van der Waals surface area contributed by atoms with E-state index in [9.17, 15) is 9.59 Å². The van der Waals surface area contributed by atoms with Gasteiger partial charge in [-0.2, -0.15) is 0 Å². The van der Waals surface area contributed by atoms with E-state index in [2.05, 4.69) is 4.74 Å². The van der Waals surface area contributed by atoms with Crippen LogP contribution in [0.3, 0.4) is 0 Å². The van der Waals surface area contributed by atoms with Gasteiger partial charge in [-0.1, -0.05) is 0 Å². The number of carboxylic acid groups (broad SMARTS) is 1. The van der Waals surface area contributed by atoms with E-state index >= 15 is 0 Å². The van der Waals surface area contributed by atoms with Crippen molar-refractivity contribution in [2.45, 2.75) is 0 Å². The van der Waals surface area contributed by atoms with E-state index in [1.165, 1.54) is 0 Å². The zero-order chi connectivity index (χ0) is 10.5. The highest BCUT2D eigenvalue weighted by atomic mass is 28.4. The van der Waals surface area contributed by atoms with Gasteiger partial charge in [0.2, 0.25) is 0 Å². The maximum Gasteiger partial charge on any atom is 0.532 e. The van der Waals surface area contributed by atoms with Gasteiger partial charge in [0, 0.05) is 12.2 Å². The summed E-state index contributed by atoms with van der Waals surface area (Å²) in [6.45, 7) is 0. The Balaban J connectivity index is 3.83. The second-order valence-corrected chi connectivity index (χ2v) is 3.89. The third kappa shape index (κ3) is 8.69. The van der Waals surface area contributed by atoms with Crippen molar-refractivity contribution in [3.63, 3.8) is 0 Å². The van der Waals surface area contributed by atoms with Crippen molar-refractivity contribution >= 4 is 20.7 Å². The third-order valence-corrected chi connectivity index (χ3v) is 1.30. The lowest BCUT2D eigenvalue weighted by Crippen LogP contribution is -2.41. The van der Waals surface area contributed by atoms with Crippen LogP contribution in [-0.4, -0.2) is 46.5 Å². The number of rotatable bonds is 4. The summed E-state index contributed by atoms with van der Waals surface area (Å²) in [7, 11) is -4.40. The van der Waals surface area contributed by atoms with Gasteiger partial charge >= 0.3 is 20.7 Å². The Labute approximate surface area is 73.9 Å². The lowest BCUT2D eigenvalue weighted by Gasteiger charge is -2.07. The summed E-state index contributed by atoms with van der Waals surface area (Å²) in [4.78, 5) is 45.5. The van der Waals surface area contributed by atoms with E-state index in [0.29, 0.717) is 12.2 Å².